The molecule has 1 fully saturated rings. The number of aliphatic hydroxyl groups excluding tert-OH is 1. The third kappa shape index (κ3) is 4.42. The molecule has 2 atom stereocenters. The molecular weight excluding hydrogens is 332 g/mol. The first kappa shape index (κ1) is 18.4. The minimum absolute atomic E-state index is 0.114. The molecule has 1 aliphatic rings. The van der Waals surface area contributed by atoms with Crippen LogP contribution in [-0.2, 0) is 24.8 Å². The standard InChI is InChI=1S/C19H26N4O3/c1-22-10-8-20-18(22)13-23-9-7-16(24)15(12-23)21-19(25)11-14-5-3-4-6-17(14)26-2/h3-6,8,10,15-16,24H,7,9,11-13H2,1-2H3,(H,21,25)/t15-,16+/m1/s1. The predicted octanol–water partition coefficient (Wildman–Crippen LogP) is 0.723. The van der Waals surface area contributed by atoms with Gasteiger partial charge in [-0.1, -0.05) is 18.2 Å². The summed E-state index contributed by atoms with van der Waals surface area (Å²) >= 11 is 0. The molecule has 26 heavy (non-hydrogen) atoms. The van der Waals surface area contributed by atoms with Crippen LogP contribution in [-0.4, -0.2) is 57.8 Å². The molecule has 7 nitrogen and oxygen atoms in total. The van der Waals surface area contributed by atoms with Gasteiger partial charge in [0.1, 0.15) is 11.6 Å². The van der Waals surface area contributed by atoms with Crippen molar-refractivity contribution in [3.8, 4) is 5.75 Å². The monoisotopic (exact) mass is 358 g/mol. The van der Waals surface area contributed by atoms with Crippen molar-refractivity contribution in [3.05, 3.63) is 48.0 Å². The van der Waals surface area contributed by atoms with Crippen LogP contribution in [0.15, 0.2) is 36.7 Å². The highest BCUT2D eigenvalue weighted by atomic mass is 16.5. The number of carbonyl (C=O) groups excluding carboxylic acids is 1. The molecule has 1 aromatic carbocycles. The van der Waals surface area contributed by atoms with Gasteiger partial charge in [0, 0.05) is 38.1 Å². The second kappa shape index (κ2) is 8.33. The number of amides is 1. The number of methoxy groups -OCH3 is 1. The molecule has 140 valence electrons. The van der Waals surface area contributed by atoms with Crippen LogP contribution in [0.4, 0.5) is 0 Å². The average molecular weight is 358 g/mol. The Morgan fingerprint density at radius 3 is 2.96 bits per heavy atom. The Balaban J connectivity index is 1.58. The van der Waals surface area contributed by atoms with Crippen LogP contribution >= 0.6 is 0 Å². The number of aromatic nitrogens is 2. The third-order valence-corrected chi connectivity index (χ3v) is 4.84. The van der Waals surface area contributed by atoms with E-state index in [0.29, 0.717) is 25.3 Å². The summed E-state index contributed by atoms with van der Waals surface area (Å²) in [6.07, 6.45) is 4.02. The van der Waals surface area contributed by atoms with Gasteiger partial charge < -0.3 is 19.7 Å². The van der Waals surface area contributed by atoms with E-state index in [2.05, 4.69) is 15.2 Å². The van der Waals surface area contributed by atoms with Crippen LogP contribution in [0.25, 0.3) is 0 Å². The van der Waals surface area contributed by atoms with Crippen LogP contribution in [0.2, 0.25) is 0 Å². The van der Waals surface area contributed by atoms with E-state index in [1.54, 1.807) is 13.3 Å². The predicted molar refractivity (Wildman–Crippen MR) is 97.7 cm³/mol. The maximum absolute atomic E-state index is 12.5. The summed E-state index contributed by atoms with van der Waals surface area (Å²) in [5, 5.41) is 13.3. The number of imidazole rings is 1. The van der Waals surface area contributed by atoms with Crippen molar-refractivity contribution >= 4 is 5.91 Å². The molecule has 0 radical (unpaired) electrons. The van der Waals surface area contributed by atoms with Gasteiger partial charge in [-0.15, -0.1) is 0 Å². The molecule has 2 N–H and O–H groups in total. The molecule has 1 saturated heterocycles. The summed E-state index contributed by atoms with van der Waals surface area (Å²) in [6, 6.07) is 7.19. The molecule has 0 bridgehead atoms. The van der Waals surface area contributed by atoms with Gasteiger partial charge >= 0.3 is 0 Å². The summed E-state index contributed by atoms with van der Waals surface area (Å²) in [5.41, 5.74) is 0.836. The van der Waals surface area contributed by atoms with Gasteiger partial charge in [0.25, 0.3) is 0 Å². The number of nitrogens with zero attached hydrogens (tertiary/aromatic N) is 3. The van der Waals surface area contributed by atoms with E-state index in [-0.39, 0.29) is 18.4 Å². The minimum atomic E-state index is -0.533. The number of aliphatic hydroxyl groups is 1. The summed E-state index contributed by atoms with van der Waals surface area (Å²) in [4.78, 5) is 19.0. The van der Waals surface area contributed by atoms with Gasteiger partial charge in [-0.25, -0.2) is 4.98 Å². The molecule has 2 aromatic rings. The number of carbonyl (C=O) groups is 1. The van der Waals surface area contributed by atoms with Crippen molar-refractivity contribution < 1.29 is 14.6 Å². The van der Waals surface area contributed by atoms with Gasteiger partial charge in [-0.2, -0.15) is 0 Å². The Morgan fingerprint density at radius 1 is 1.42 bits per heavy atom. The topological polar surface area (TPSA) is 79.6 Å². The zero-order chi connectivity index (χ0) is 18.5. The fourth-order valence-electron chi connectivity index (χ4n) is 3.32. The van der Waals surface area contributed by atoms with E-state index in [1.807, 2.05) is 42.1 Å². The Morgan fingerprint density at radius 2 is 2.23 bits per heavy atom. The lowest BCUT2D eigenvalue weighted by Gasteiger charge is -2.36. The highest BCUT2D eigenvalue weighted by Gasteiger charge is 2.29. The second-order valence-corrected chi connectivity index (χ2v) is 6.71. The fraction of sp³-hybridized carbons (Fsp3) is 0.474. The van der Waals surface area contributed by atoms with Gasteiger partial charge in [-0.3, -0.25) is 9.69 Å². The highest BCUT2D eigenvalue weighted by Crippen LogP contribution is 2.18. The summed E-state index contributed by atoms with van der Waals surface area (Å²) < 4.78 is 7.28. The Labute approximate surface area is 153 Å². The van der Waals surface area contributed by atoms with E-state index in [9.17, 15) is 9.90 Å². The molecule has 0 unspecified atom stereocenters. The molecule has 7 heteroatoms. The van der Waals surface area contributed by atoms with Crippen molar-refractivity contribution in [2.75, 3.05) is 20.2 Å². The van der Waals surface area contributed by atoms with Gasteiger partial charge in [-0.05, 0) is 12.5 Å². The smallest absolute Gasteiger partial charge is 0.224 e. The normalized spacial score (nSPS) is 20.7. The number of rotatable bonds is 6. The average Bonchev–Trinajstić information content (AvgIpc) is 3.03. The number of piperidine rings is 1. The maximum atomic E-state index is 12.5. The first-order valence-electron chi connectivity index (χ1n) is 8.84. The fourth-order valence-corrected chi connectivity index (χ4v) is 3.32. The largest absolute Gasteiger partial charge is 0.496 e. The molecule has 1 aliphatic heterocycles. The highest BCUT2D eigenvalue weighted by molar-refractivity contribution is 5.79. The number of hydrogen-bond acceptors (Lipinski definition) is 5. The molecule has 1 aromatic heterocycles. The van der Waals surface area contributed by atoms with Crippen molar-refractivity contribution in [3.63, 3.8) is 0 Å². The van der Waals surface area contributed by atoms with Crippen molar-refractivity contribution in [2.24, 2.45) is 7.05 Å². The zero-order valence-corrected chi connectivity index (χ0v) is 15.3. The molecule has 2 heterocycles. The van der Waals surface area contributed by atoms with E-state index < -0.39 is 6.10 Å². The third-order valence-electron chi connectivity index (χ3n) is 4.84. The van der Waals surface area contributed by atoms with E-state index >= 15 is 0 Å². The van der Waals surface area contributed by atoms with Gasteiger partial charge in [0.2, 0.25) is 5.91 Å². The van der Waals surface area contributed by atoms with E-state index in [0.717, 1.165) is 17.9 Å². The maximum Gasteiger partial charge on any atom is 0.224 e. The molecule has 0 aliphatic carbocycles. The molecule has 1 amide bonds. The van der Waals surface area contributed by atoms with Gasteiger partial charge in [0.15, 0.2) is 0 Å². The van der Waals surface area contributed by atoms with Crippen LogP contribution in [0, 0.1) is 0 Å². The Kier molecular flexibility index (Phi) is 5.90. The number of nitrogens with one attached hydrogen (secondary N) is 1. The minimum Gasteiger partial charge on any atom is -0.496 e. The number of aryl methyl sites for hydroxylation is 1. The Hall–Kier alpha value is -2.38. The molecule has 0 spiro atoms. The van der Waals surface area contributed by atoms with E-state index in [1.165, 1.54) is 0 Å². The number of hydrogen-bond donors (Lipinski definition) is 2. The molecular formula is C19H26N4O3. The number of ether oxygens (including phenoxy) is 1. The SMILES string of the molecule is COc1ccccc1CC(=O)N[C@@H]1CN(Cc2nccn2C)CC[C@@H]1O. The second-order valence-electron chi connectivity index (χ2n) is 6.71. The van der Waals surface area contributed by atoms with Crippen molar-refractivity contribution in [1.29, 1.82) is 0 Å². The van der Waals surface area contributed by atoms with Crippen molar-refractivity contribution in [2.45, 2.75) is 31.5 Å². The zero-order valence-electron chi connectivity index (χ0n) is 15.3. The van der Waals surface area contributed by atoms with Crippen molar-refractivity contribution in [1.82, 2.24) is 19.8 Å². The molecule has 0 saturated carbocycles. The van der Waals surface area contributed by atoms with Gasteiger partial charge in [0.05, 0.1) is 32.2 Å². The summed E-state index contributed by atoms with van der Waals surface area (Å²) in [7, 11) is 3.56. The van der Waals surface area contributed by atoms with Crippen LogP contribution in [0.3, 0.4) is 0 Å². The number of para-hydroxylation sites is 1. The first-order valence-corrected chi connectivity index (χ1v) is 8.84. The molecule has 3 rings (SSSR count). The summed E-state index contributed by atoms with van der Waals surface area (Å²) in [5.74, 6) is 1.56. The van der Waals surface area contributed by atoms with E-state index in [4.69, 9.17) is 4.74 Å². The number of benzene rings is 1. The van der Waals surface area contributed by atoms with Crippen LogP contribution < -0.4 is 10.1 Å². The lowest BCUT2D eigenvalue weighted by atomic mass is 10.0. The lowest BCUT2D eigenvalue weighted by Crippen LogP contribution is -2.55. The lowest BCUT2D eigenvalue weighted by molar-refractivity contribution is -0.122. The van der Waals surface area contributed by atoms with Crippen LogP contribution in [0.5, 0.6) is 5.75 Å². The number of likely N-dealkylation sites (tertiary alicyclic amines) is 1. The van der Waals surface area contributed by atoms with Crippen LogP contribution in [0.1, 0.15) is 17.8 Å². The summed E-state index contributed by atoms with van der Waals surface area (Å²) in [6.45, 7) is 2.09. The Bertz CT molecular complexity index is 746. The first-order chi connectivity index (χ1) is 12.6. The quantitative estimate of drug-likeness (QED) is 0.796.